The maximum Gasteiger partial charge on any atom is 0.0233 e. The molecule has 0 amide bonds. The first kappa shape index (κ1) is 14.5. The van der Waals surface area contributed by atoms with E-state index in [1.807, 2.05) is 0 Å². The van der Waals surface area contributed by atoms with Gasteiger partial charge in [-0.15, -0.1) is 0 Å². The van der Waals surface area contributed by atoms with Crippen molar-refractivity contribution in [2.45, 2.75) is 52.7 Å². The van der Waals surface area contributed by atoms with Crippen LogP contribution in [0.15, 0.2) is 24.3 Å². The Hall–Kier alpha value is -0.860. The molecule has 2 nitrogen and oxygen atoms in total. The zero-order valence-electron chi connectivity index (χ0n) is 12.7. The number of nitrogens with zero attached hydrogens (tertiary/aromatic N) is 1. The van der Waals surface area contributed by atoms with Crippen molar-refractivity contribution in [3.05, 3.63) is 35.4 Å². The first-order valence-electron chi connectivity index (χ1n) is 7.74. The summed E-state index contributed by atoms with van der Waals surface area (Å²) in [5.74, 6) is 0.925. The van der Waals surface area contributed by atoms with Crippen molar-refractivity contribution >= 4 is 0 Å². The van der Waals surface area contributed by atoms with Gasteiger partial charge in [0.15, 0.2) is 0 Å². The highest BCUT2D eigenvalue weighted by Gasteiger charge is 2.24. The van der Waals surface area contributed by atoms with Crippen LogP contribution in [-0.2, 0) is 13.1 Å². The van der Waals surface area contributed by atoms with E-state index in [0.29, 0.717) is 0 Å². The van der Waals surface area contributed by atoms with Gasteiger partial charge < -0.3 is 5.32 Å². The van der Waals surface area contributed by atoms with Gasteiger partial charge in [0.1, 0.15) is 0 Å². The molecule has 0 saturated heterocycles. The highest BCUT2D eigenvalue weighted by molar-refractivity contribution is 5.22. The summed E-state index contributed by atoms with van der Waals surface area (Å²) in [6.45, 7) is 11.1. The molecular weight excluding hydrogens is 232 g/mol. The van der Waals surface area contributed by atoms with E-state index >= 15 is 0 Å². The molecule has 2 rings (SSSR count). The highest BCUT2D eigenvalue weighted by atomic mass is 15.1. The third-order valence-corrected chi connectivity index (χ3v) is 4.29. The van der Waals surface area contributed by atoms with Crippen LogP contribution in [0.3, 0.4) is 0 Å². The number of rotatable bonds is 7. The number of hydrogen-bond acceptors (Lipinski definition) is 2. The Balaban J connectivity index is 1.77. The minimum absolute atomic E-state index is 0.755. The number of hydrogen-bond donors (Lipinski definition) is 1. The number of benzene rings is 1. The lowest BCUT2D eigenvalue weighted by Gasteiger charge is -2.33. The molecular formula is C17H28N2. The number of nitrogens with one attached hydrogen (secondary N) is 1. The van der Waals surface area contributed by atoms with Crippen molar-refractivity contribution in [3.63, 3.8) is 0 Å². The fourth-order valence-electron chi connectivity index (χ4n) is 2.80. The average molecular weight is 260 g/mol. The van der Waals surface area contributed by atoms with Gasteiger partial charge in [0, 0.05) is 19.1 Å². The van der Waals surface area contributed by atoms with E-state index in [2.05, 4.69) is 55.3 Å². The van der Waals surface area contributed by atoms with Gasteiger partial charge in [0.05, 0.1) is 0 Å². The average Bonchev–Trinajstić information content (AvgIpc) is 2.41. The summed E-state index contributed by atoms with van der Waals surface area (Å²) in [6, 6.07) is 9.85. The van der Waals surface area contributed by atoms with Crippen LogP contribution in [0.5, 0.6) is 0 Å². The lowest BCUT2D eigenvalue weighted by Crippen LogP contribution is -2.39. The van der Waals surface area contributed by atoms with E-state index in [0.717, 1.165) is 38.1 Å². The zero-order chi connectivity index (χ0) is 13.7. The molecule has 19 heavy (non-hydrogen) atoms. The molecule has 0 radical (unpaired) electrons. The predicted molar refractivity (Wildman–Crippen MR) is 82.1 cm³/mol. The Kier molecular flexibility index (Phi) is 5.41. The van der Waals surface area contributed by atoms with Crippen molar-refractivity contribution in [3.8, 4) is 0 Å². The summed E-state index contributed by atoms with van der Waals surface area (Å²) in [4.78, 5) is 2.45. The lowest BCUT2D eigenvalue weighted by atomic mass is 9.82. The second kappa shape index (κ2) is 7.06. The Morgan fingerprint density at radius 1 is 1.05 bits per heavy atom. The van der Waals surface area contributed by atoms with Crippen molar-refractivity contribution in [2.75, 3.05) is 13.1 Å². The highest BCUT2D eigenvalue weighted by Crippen LogP contribution is 2.26. The maximum atomic E-state index is 3.64. The zero-order valence-corrected chi connectivity index (χ0v) is 12.7. The molecule has 1 aliphatic carbocycles. The quantitative estimate of drug-likeness (QED) is 0.808. The Morgan fingerprint density at radius 2 is 1.63 bits per heavy atom. The molecule has 1 aromatic rings. The SMILES string of the molecule is CCN(CC)Cc1ccc(CNC2CC(C)C2)cc1. The monoisotopic (exact) mass is 260 g/mol. The summed E-state index contributed by atoms with van der Waals surface area (Å²) in [6.07, 6.45) is 2.69. The van der Waals surface area contributed by atoms with Crippen molar-refractivity contribution < 1.29 is 0 Å². The van der Waals surface area contributed by atoms with Gasteiger partial charge in [-0.25, -0.2) is 0 Å². The van der Waals surface area contributed by atoms with Crippen LogP contribution in [0.25, 0.3) is 0 Å². The van der Waals surface area contributed by atoms with E-state index in [1.165, 1.54) is 24.0 Å². The molecule has 1 saturated carbocycles. The third-order valence-electron chi connectivity index (χ3n) is 4.29. The standard InChI is InChI=1S/C17H28N2/c1-4-19(5-2)13-16-8-6-15(7-9-16)12-18-17-10-14(3)11-17/h6-9,14,17-18H,4-5,10-13H2,1-3H3. The van der Waals surface area contributed by atoms with Gasteiger partial charge in [0.2, 0.25) is 0 Å². The van der Waals surface area contributed by atoms with Gasteiger partial charge in [-0.3, -0.25) is 4.90 Å². The molecule has 1 aromatic carbocycles. The molecule has 0 atom stereocenters. The van der Waals surface area contributed by atoms with E-state index in [-0.39, 0.29) is 0 Å². The second-order valence-electron chi connectivity index (χ2n) is 5.93. The van der Waals surface area contributed by atoms with Gasteiger partial charge >= 0.3 is 0 Å². The molecule has 0 heterocycles. The smallest absolute Gasteiger partial charge is 0.0233 e. The van der Waals surface area contributed by atoms with Crippen LogP contribution in [-0.4, -0.2) is 24.0 Å². The second-order valence-corrected chi connectivity index (χ2v) is 5.93. The largest absolute Gasteiger partial charge is 0.310 e. The third kappa shape index (κ3) is 4.32. The minimum atomic E-state index is 0.755. The molecule has 106 valence electrons. The fourth-order valence-corrected chi connectivity index (χ4v) is 2.80. The topological polar surface area (TPSA) is 15.3 Å². The van der Waals surface area contributed by atoms with Gasteiger partial charge in [-0.1, -0.05) is 45.0 Å². The van der Waals surface area contributed by atoms with Crippen LogP contribution in [0.1, 0.15) is 44.7 Å². The molecule has 0 unspecified atom stereocenters. The summed E-state index contributed by atoms with van der Waals surface area (Å²) in [5, 5.41) is 3.64. The summed E-state index contributed by atoms with van der Waals surface area (Å²) < 4.78 is 0. The van der Waals surface area contributed by atoms with Crippen LogP contribution >= 0.6 is 0 Å². The van der Waals surface area contributed by atoms with E-state index in [1.54, 1.807) is 0 Å². The van der Waals surface area contributed by atoms with Crippen molar-refractivity contribution in [1.82, 2.24) is 10.2 Å². The van der Waals surface area contributed by atoms with E-state index in [9.17, 15) is 0 Å². The molecule has 2 heteroatoms. The minimum Gasteiger partial charge on any atom is -0.310 e. The summed E-state index contributed by atoms with van der Waals surface area (Å²) in [5.41, 5.74) is 2.83. The van der Waals surface area contributed by atoms with Gasteiger partial charge in [-0.05, 0) is 43.0 Å². The van der Waals surface area contributed by atoms with Crippen LogP contribution in [0.2, 0.25) is 0 Å². The Labute approximate surface area is 118 Å². The van der Waals surface area contributed by atoms with Crippen LogP contribution in [0, 0.1) is 5.92 Å². The summed E-state index contributed by atoms with van der Waals surface area (Å²) >= 11 is 0. The van der Waals surface area contributed by atoms with Crippen LogP contribution < -0.4 is 5.32 Å². The lowest BCUT2D eigenvalue weighted by molar-refractivity contribution is 0.240. The predicted octanol–water partition coefficient (Wildman–Crippen LogP) is 3.42. The van der Waals surface area contributed by atoms with E-state index < -0.39 is 0 Å². The first-order chi connectivity index (χ1) is 9.21. The molecule has 0 bridgehead atoms. The van der Waals surface area contributed by atoms with E-state index in [4.69, 9.17) is 0 Å². The first-order valence-corrected chi connectivity index (χ1v) is 7.74. The van der Waals surface area contributed by atoms with Crippen molar-refractivity contribution in [1.29, 1.82) is 0 Å². The van der Waals surface area contributed by atoms with Gasteiger partial charge in [-0.2, -0.15) is 0 Å². The molecule has 1 fully saturated rings. The molecule has 0 spiro atoms. The fraction of sp³-hybridized carbons (Fsp3) is 0.647. The van der Waals surface area contributed by atoms with Crippen LogP contribution in [0.4, 0.5) is 0 Å². The van der Waals surface area contributed by atoms with Gasteiger partial charge in [0.25, 0.3) is 0 Å². The molecule has 0 aromatic heterocycles. The maximum absolute atomic E-state index is 3.64. The Bertz CT molecular complexity index is 361. The molecule has 1 aliphatic rings. The molecule has 1 N–H and O–H groups in total. The normalized spacial score (nSPS) is 22.5. The Morgan fingerprint density at radius 3 is 2.16 bits per heavy atom. The molecule has 0 aliphatic heterocycles. The van der Waals surface area contributed by atoms with Crippen molar-refractivity contribution in [2.24, 2.45) is 5.92 Å². The summed E-state index contributed by atoms with van der Waals surface area (Å²) in [7, 11) is 0.